The molecule has 3 heteroatoms. The number of rotatable bonds is 3. The summed E-state index contributed by atoms with van der Waals surface area (Å²) in [6, 6.07) is 0. The van der Waals surface area contributed by atoms with Crippen LogP contribution in [0.2, 0.25) is 0 Å². The van der Waals surface area contributed by atoms with Gasteiger partial charge in [-0.3, -0.25) is 9.00 Å². The van der Waals surface area contributed by atoms with Gasteiger partial charge >= 0.3 is 0 Å². The molecule has 0 spiro atoms. The fourth-order valence-electron chi connectivity index (χ4n) is 2.09. The number of hydrogen-bond acceptors (Lipinski definition) is 2. The predicted molar refractivity (Wildman–Crippen MR) is 73.2 cm³/mol. The summed E-state index contributed by atoms with van der Waals surface area (Å²) in [7, 11) is -0.944. The number of allylic oxidation sites excluding steroid dienone is 1. The van der Waals surface area contributed by atoms with Crippen LogP contribution in [0.15, 0.2) is 11.0 Å². The van der Waals surface area contributed by atoms with Crippen LogP contribution in [-0.4, -0.2) is 14.7 Å². The molecule has 0 amide bonds. The highest BCUT2D eigenvalue weighted by atomic mass is 32.2. The highest BCUT2D eigenvalue weighted by Gasteiger charge is 2.28. The first-order valence-corrected chi connectivity index (χ1v) is 7.54. The Hall–Kier alpha value is -0.440. The van der Waals surface area contributed by atoms with E-state index < -0.39 is 10.8 Å². The predicted octanol–water partition coefficient (Wildman–Crippen LogP) is 3.44. The third-order valence-corrected chi connectivity index (χ3v) is 5.40. The first-order valence-electron chi connectivity index (χ1n) is 6.32. The molecule has 3 atom stereocenters. The second-order valence-corrected chi connectivity index (χ2v) is 8.16. The van der Waals surface area contributed by atoms with Gasteiger partial charge in [0, 0.05) is 23.0 Å². The van der Waals surface area contributed by atoms with E-state index in [2.05, 4.69) is 6.92 Å². The molecule has 0 aromatic rings. The first-order chi connectivity index (χ1) is 7.71. The third kappa shape index (κ3) is 4.06. The minimum Gasteiger partial charge on any atom is -0.300 e. The SMILES string of the molecule is C/C(=C\S(=O)C(C)(C)C)[C@H](C)[C@H]1CCC(=O)C1. The number of Topliss-reactive ketones (excluding diaryl/α,β-unsaturated/α-hetero) is 1. The monoisotopic (exact) mass is 256 g/mol. The molecule has 1 unspecified atom stereocenters. The molecule has 2 nitrogen and oxygen atoms in total. The van der Waals surface area contributed by atoms with Crippen LogP contribution in [-0.2, 0) is 15.6 Å². The van der Waals surface area contributed by atoms with Gasteiger partial charge in [0.15, 0.2) is 0 Å². The number of ketones is 1. The molecular formula is C14H24O2S. The molecule has 1 saturated carbocycles. The number of carbonyl (C=O) groups is 1. The van der Waals surface area contributed by atoms with Crippen molar-refractivity contribution in [3.63, 3.8) is 0 Å². The van der Waals surface area contributed by atoms with Crippen molar-refractivity contribution in [1.82, 2.24) is 0 Å². The average Bonchev–Trinajstić information content (AvgIpc) is 2.62. The van der Waals surface area contributed by atoms with E-state index in [4.69, 9.17) is 0 Å². The van der Waals surface area contributed by atoms with Crippen molar-refractivity contribution in [2.24, 2.45) is 11.8 Å². The van der Waals surface area contributed by atoms with E-state index in [1.54, 1.807) is 0 Å². The van der Waals surface area contributed by atoms with Crippen LogP contribution in [0.3, 0.4) is 0 Å². The Kier molecular flexibility index (Phi) is 4.70. The maximum Gasteiger partial charge on any atom is 0.133 e. The van der Waals surface area contributed by atoms with Crippen molar-refractivity contribution in [3.8, 4) is 0 Å². The largest absolute Gasteiger partial charge is 0.300 e. The summed E-state index contributed by atoms with van der Waals surface area (Å²) in [5, 5.41) is 1.88. The topological polar surface area (TPSA) is 34.1 Å². The van der Waals surface area contributed by atoms with E-state index in [1.807, 2.05) is 33.1 Å². The molecule has 0 radical (unpaired) electrons. The van der Waals surface area contributed by atoms with Gasteiger partial charge in [0.2, 0.25) is 0 Å². The van der Waals surface area contributed by atoms with Crippen LogP contribution in [0.5, 0.6) is 0 Å². The lowest BCUT2D eigenvalue weighted by Gasteiger charge is -2.21. The van der Waals surface area contributed by atoms with Crippen LogP contribution >= 0.6 is 0 Å². The summed E-state index contributed by atoms with van der Waals surface area (Å²) in [5.41, 5.74) is 1.16. The zero-order valence-electron chi connectivity index (χ0n) is 11.6. The molecule has 0 saturated heterocycles. The molecule has 0 N–H and O–H groups in total. The average molecular weight is 256 g/mol. The standard InChI is InChI=1S/C14H24O2S/c1-10(9-17(16)14(3,4)5)11(2)12-6-7-13(15)8-12/h9,11-12H,6-8H2,1-5H3/b10-9+/t11-,12-,17?/m0/s1. The van der Waals surface area contributed by atoms with Gasteiger partial charge in [0.25, 0.3) is 0 Å². The fourth-order valence-corrected chi connectivity index (χ4v) is 3.00. The van der Waals surface area contributed by atoms with Gasteiger partial charge in [-0.25, -0.2) is 0 Å². The lowest BCUT2D eigenvalue weighted by Crippen LogP contribution is -2.20. The molecule has 1 rings (SSSR count). The smallest absolute Gasteiger partial charge is 0.133 e. The molecular weight excluding hydrogens is 232 g/mol. The highest BCUT2D eigenvalue weighted by molar-refractivity contribution is 7.89. The highest BCUT2D eigenvalue weighted by Crippen LogP contribution is 2.33. The Morgan fingerprint density at radius 2 is 2.06 bits per heavy atom. The van der Waals surface area contributed by atoms with Gasteiger partial charge in [-0.05, 0) is 46.0 Å². The van der Waals surface area contributed by atoms with Crippen LogP contribution in [0.4, 0.5) is 0 Å². The molecule has 0 aromatic carbocycles. The lowest BCUT2D eigenvalue weighted by molar-refractivity contribution is -0.117. The van der Waals surface area contributed by atoms with Gasteiger partial charge in [-0.1, -0.05) is 12.5 Å². The normalized spacial score (nSPS) is 26.1. The fraction of sp³-hybridized carbons (Fsp3) is 0.786. The molecule has 1 aliphatic carbocycles. The zero-order valence-corrected chi connectivity index (χ0v) is 12.4. The maximum atomic E-state index is 12.0. The summed E-state index contributed by atoms with van der Waals surface area (Å²) in [6.07, 6.45) is 2.42. The second kappa shape index (κ2) is 5.47. The quantitative estimate of drug-likeness (QED) is 0.775. The van der Waals surface area contributed by atoms with Gasteiger partial charge in [-0.2, -0.15) is 0 Å². The van der Waals surface area contributed by atoms with Gasteiger partial charge in [-0.15, -0.1) is 0 Å². The van der Waals surface area contributed by atoms with Gasteiger partial charge in [0.1, 0.15) is 5.78 Å². The van der Waals surface area contributed by atoms with E-state index in [0.29, 0.717) is 24.0 Å². The second-order valence-electron chi connectivity index (χ2n) is 6.10. The van der Waals surface area contributed by atoms with E-state index in [0.717, 1.165) is 18.4 Å². The van der Waals surface area contributed by atoms with E-state index >= 15 is 0 Å². The Bertz CT molecular complexity index is 350. The number of carbonyl (C=O) groups excluding carboxylic acids is 1. The van der Waals surface area contributed by atoms with Crippen molar-refractivity contribution >= 4 is 16.6 Å². The van der Waals surface area contributed by atoms with E-state index in [1.165, 1.54) is 0 Å². The van der Waals surface area contributed by atoms with Crippen LogP contribution in [0.1, 0.15) is 53.9 Å². The van der Waals surface area contributed by atoms with Gasteiger partial charge in [0.05, 0.1) is 10.8 Å². The summed E-state index contributed by atoms with van der Waals surface area (Å²) < 4.78 is 11.8. The maximum absolute atomic E-state index is 12.0. The van der Waals surface area contributed by atoms with Crippen molar-refractivity contribution in [2.75, 3.05) is 0 Å². The summed E-state index contributed by atoms with van der Waals surface area (Å²) >= 11 is 0. The Morgan fingerprint density at radius 1 is 1.47 bits per heavy atom. The molecule has 98 valence electrons. The molecule has 0 aromatic heterocycles. The molecule has 17 heavy (non-hydrogen) atoms. The summed E-state index contributed by atoms with van der Waals surface area (Å²) in [4.78, 5) is 11.3. The lowest BCUT2D eigenvalue weighted by atomic mass is 9.88. The first kappa shape index (κ1) is 14.6. The number of hydrogen-bond donors (Lipinski definition) is 0. The van der Waals surface area contributed by atoms with Crippen molar-refractivity contribution in [2.45, 2.75) is 58.6 Å². The third-order valence-electron chi connectivity index (χ3n) is 3.61. The minimum atomic E-state index is -0.944. The van der Waals surface area contributed by atoms with Crippen LogP contribution in [0.25, 0.3) is 0 Å². The zero-order chi connectivity index (χ0) is 13.2. The molecule has 0 bridgehead atoms. The Balaban J connectivity index is 2.69. The summed E-state index contributed by atoms with van der Waals surface area (Å²) in [6.45, 7) is 10.1. The molecule has 1 aliphatic rings. The summed E-state index contributed by atoms with van der Waals surface area (Å²) in [5.74, 6) is 1.20. The van der Waals surface area contributed by atoms with Crippen molar-refractivity contribution < 1.29 is 9.00 Å². The Labute approximate surface area is 107 Å². The minimum absolute atomic E-state index is 0.202. The van der Waals surface area contributed by atoms with Gasteiger partial charge < -0.3 is 0 Å². The van der Waals surface area contributed by atoms with Crippen molar-refractivity contribution in [3.05, 3.63) is 11.0 Å². The molecule has 0 aliphatic heterocycles. The molecule has 1 fully saturated rings. The Morgan fingerprint density at radius 3 is 2.47 bits per heavy atom. The van der Waals surface area contributed by atoms with E-state index in [9.17, 15) is 9.00 Å². The molecule has 0 heterocycles. The van der Waals surface area contributed by atoms with Crippen molar-refractivity contribution in [1.29, 1.82) is 0 Å². The van der Waals surface area contributed by atoms with Crippen LogP contribution in [0, 0.1) is 11.8 Å². The van der Waals surface area contributed by atoms with E-state index in [-0.39, 0.29) is 4.75 Å². The van der Waals surface area contributed by atoms with Crippen LogP contribution < -0.4 is 0 Å².